The normalized spacial score (nSPS) is 11.0. The molecule has 6 rings (SSSR count). The molecule has 0 spiro atoms. The van der Waals surface area contributed by atoms with Crippen LogP contribution in [0.3, 0.4) is 0 Å². The second kappa shape index (κ2) is 14.3. The molecule has 0 saturated carbocycles. The van der Waals surface area contributed by atoms with Gasteiger partial charge in [-0.1, -0.05) is 24.3 Å². The number of rotatable bonds is 12. The quantitative estimate of drug-likeness (QED) is 0.145. The number of fused-ring (bicyclic) bond motifs is 1. The molecule has 2 aromatic carbocycles. The van der Waals surface area contributed by atoms with Crippen molar-refractivity contribution in [3.63, 3.8) is 0 Å². The van der Waals surface area contributed by atoms with E-state index in [1.807, 2.05) is 30.5 Å². The van der Waals surface area contributed by atoms with E-state index in [0.29, 0.717) is 30.1 Å². The van der Waals surface area contributed by atoms with E-state index >= 15 is 4.39 Å². The van der Waals surface area contributed by atoms with Gasteiger partial charge in [0.1, 0.15) is 17.1 Å². The Kier molecular flexibility index (Phi) is 9.62. The summed E-state index contributed by atoms with van der Waals surface area (Å²) < 4.78 is 33.8. The first-order valence-electron chi connectivity index (χ1n) is 14.6. The topological polar surface area (TPSA) is 117 Å². The summed E-state index contributed by atoms with van der Waals surface area (Å²) in [5, 5.41) is 5.90. The molecule has 0 saturated heterocycles. The number of carbonyl (C=O) groups excluding carboxylic acids is 1. The Bertz CT molecular complexity index is 2080. The fraction of sp³-hybridized carbons (Fsp3) is 0.143. The number of thiophene rings is 1. The fourth-order valence-electron chi connectivity index (χ4n) is 4.87. The third-order valence-electron chi connectivity index (χ3n) is 7.21. The number of nitrogens with zero attached hydrogens (tertiary/aromatic N) is 3. The molecule has 10 nitrogen and oxygen atoms in total. The standard InChI is InChI=1S/C35H30FN5O5S/c1-44-17-15-37-20-22-8-10-26(39-21-22)31-19-27-33(47-31)30(12-14-38-27)46-28-11-9-23(18-25(28)36)40-34(42)32-29(45-2)13-16-41(35(32)43)24-6-4-3-5-7-24/h3-14,16,18-19,21,37H,15,17,20H2,1-2H3,(H,40,42). The van der Waals surface area contributed by atoms with E-state index in [-0.39, 0.29) is 22.7 Å². The molecular formula is C35H30FN5O5S. The van der Waals surface area contributed by atoms with E-state index in [1.165, 1.54) is 47.4 Å². The van der Waals surface area contributed by atoms with Gasteiger partial charge in [0.2, 0.25) is 0 Å². The predicted molar refractivity (Wildman–Crippen MR) is 179 cm³/mol. The van der Waals surface area contributed by atoms with Crippen molar-refractivity contribution in [1.29, 1.82) is 0 Å². The van der Waals surface area contributed by atoms with Gasteiger partial charge in [-0.05, 0) is 48.0 Å². The first-order valence-corrected chi connectivity index (χ1v) is 15.4. The highest BCUT2D eigenvalue weighted by Crippen LogP contribution is 2.39. The van der Waals surface area contributed by atoms with Crippen molar-refractivity contribution in [1.82, 2.24) is 19.9 Å². The number of benzene rings is 2. The van der Waals surface area contributed by atoms with Crippen molar-refractivity contribution in [2.45, 2.75) is 6.54 Å². The van der Waals surface area contributed by atoms with Crippen LogP contribution in [0.4, 0.5) is 10.1 Å². The molecule has 6 aromatic rings. The summed E-state index contributed by atoms with van der Waals surface area (Å²) >= 11 is 1.44. The summed E-state index contributed by atoms with van der Waals surface area (Å²) in [5.41, 5.74) is 2.46. The molecule has 0 unspecified atom stereocenters. The van der Waals surface area contributed by atoms with Crippen LogP contribution >= 0.6 is 11.3 Å². The maximum atomic E-state index is 15.3. The summed E-state index contributed by atoms with van der Waals surface area (Å²) in [7, 11) is 3.04. The number of aromatic nitrogens is 3. The van der Waals surface area contributed by atoms with Crippen molar-refractivity contribution >= 4 is 33.1 Å². The molecule has 0 bridgehead atoms. The van der Waals surface area contributed by atoms with Gasteiger partial charge >= 0.3 is 0 Å². The maximum absolute atomic E-state index is 15.3. The summed E-state index contributed by atoms with van der Waals surface area (Å²) in [6, 6.07) is 22.0. The van der Waals surface area contributed by atoms with Crippen LogP contribution in [-0.2, 0) is 11.3 Å². The summed E-state index contributed by atoms with van der Waals surface area (Å²) in [5.74, 6) is -0.967. The first kappa shape index (κ1) is 31.5. The smallest absolute Gasteiger partial charge is 0.271 e. The molecule has 0 radical (unpaired) electrons. The number of methoxy groups -OCH3 is 2. The molecule has 238 valence electrons. The van der Waals surface area contributed by atoms with Crippen molar-refractivity contribution < 1.29 is 23.4 Å². The summed E-state index contributed by atoms with van der Waals surface area (Å²) in [4.78, 5) is 36.5. The Balaban J connectivity index is 1.19. The van der Waals surface area contributed by atoms with E-state index in [1.54, 1.807) is 43.6 Å². The van der Waals surface area contributed by atoms with Crippen molar-refractivity contribution in [3.8, 4) is 33.5 Å². The van der Waals surface area contributed by atoms with Gasteiger partial charge in [0.25, 0.3) is 11.5 Å². The average Bonchev–Trinajstić information content (AvgIpc) is 3.54. The van der Waals surface area contributed by atoms with Crippen LogP contribution in [0.1, 0.15) is 15.9 Å². The monoisotopic (exact) mass is 651 g/mol. The van der Waals surface area contributed by atoms with Gasteiger partial charge in [-0.25, -0.2) is 4.39 Å². The number of amides is 1. The molecule has 0 atom stereocenters. The molecule has 4 heterocycles. The minimum Gasteiger partial charge on any atom is -0.496 e. The molecule has 12 heteroatoms. The maximum Gasteiger partial charge on any atom is 0.271 e. The molecule has 0 aliphatic heterocycles. The van der Waals surface area contributed by atoms with E-state index < -0.39 is 17.3 Å². The zero-order valence-electron chi connectivity index (χ0n) is 25.5. The second-order valence-corrected chi connectivity index (χ2v) is 11.4. The second-order valence-electron chi connectivity index (χ2n) is 10.3. The molecule has 47 heavy (non-hydrogen) atoms. The molecule has 0 fully saturated rings. The van der Waals surface area contributed by atoms with E-state index in [9.17, 15) is 9.59 Å². The number of ether oxygens (including phenoxy) is 3. The minimum atomic E-state index is -0.740. The van der Waals surface area contributed by atoms with Crippen LogP contribution in [0.15, 0.2) is 102 Å². The Morgan fingerprint density at radius 1 is 0.957 bits per heavy atom. The highest BCUT2D eigenvalue weighted by atomic mass is 32.1. The number of hydrogen-bond acceptors (Lipinski definition) is 9. The van der Waals surface area contributed by atoms with Crippen molar-refractivity contribution in [3.05, 3.63) is 125 Å². The van der Waals surface area contributed by atoms with Gasteiger partial charge in [-0.3, -0.25) is 24.1 Å². The molecule has 4 aromatic heterocycles. The highest BCUT2D eigenvalue weighted by Gasteiger charge is 2.21. The first-order chi connectivity index (χ1) is 22.9. The van der Waals surface area contributed by atoms with E-state index in [0.717, 1.165) is 33.4 Å². The average molecular weight is 652 g/mol. The lowest BCUT2D eigenvalue weighted by atomic mass is 10.2. The fourth-order valence-corrected chi connectivity index (χ4v) is 5.91. The molecule has 0 aliphatic carbocycles. The van der Waals surface area contributed by atoms with E-state index in [4.69, 9.17) is 14.2 Å². The Labute approximate surface area is 273 Å². The van der Waals surface area contributed by atoms with Crippen LogP contribution in [0.5, 0.6) is 17.2 Å². The van der Waals surface area contributed by atoms with Gasteiger partial charge in [0.15, 0.2) is 11.6 Å². The van der Waals surface area contributed by atoms with Crippen LogP contribution < -0.4 is 25.7 Å². The number of carbonyl (C=O) groups is 1. The Hall–Kier alpha value is -5.43. The van der Waals surface area contributed by atoms with Gasteiger partial charge in [-0.15, -0.1) is 11.3 Å². The van der Waals surface area contributed by atoms with Crippen LogP contribution in [0.2, 0.25) is 0 Å². The van der Waals surface area contributed by atoms with Gasteiger partial charge in [-0.2, -0.15) is 0 Å². The minimum absolute atomic E-state index is 0.0439. The Morgan fingerprint density at radius 2 is 1.81 bits per heavy atom. The predicted octanol–water partition coefficient (Wildman–Crippen LogP) is 6.44. The number of para-hydroxylation sites is 1. The van der Waals surface area contributed by atoms with E-state index in [2.05, 4.69) is 20.6 Å². The Morgan fingerprint density at radius 3 is 2.55 bits per heavy atom. The number of halogens is 1. The van der Waals surface area contributed by atoms with Crippen LogP contribution in [0.25, 0.3) is 26.5 Å². The van der Waals surface area contributed by atoms with Crippen molar-refractivity contribution in [2.24, 2.45) is 0 Å². The van der Waals surface area contributed by atoms with Gasteiger partial charge < -0.3 is 24.8 Å². The third-order valence-corrected chi connectivity index (χ3v) is 8.37. The lowest BCUT2D eigenvalue weighted by molar-refractivity contribution is 0.102. The van der Waals surface area contributed by atoms with Crippen molar-refractivity contribution in [2.75, 3.05) is 32.7 Å². The van der Waals surface area contributed by atoms with Crippen LogP contribution in [0, 0.1) is 5.82 Å². The number of anilines is 1. The SMILES string of the molecule is COCCNCc1ccc(-c2cc3nccc(Oc4ccc(NC(=O)c5c(OC)ccn(-c6ccccc6)c5=O)cc4F)c3s2)nc1. The summed E-state index contributed by atoms with van der Waals surface area (Å²) in [6.45, 7) is 2.07. The number of nitrogens with one attached hydrogen (secondary N) is 2. The summed E-state index contributed by atoms with van der Waals surface area (Å²) in [6.07, 6.45) is 4.95. The highest BCUT2D eigenvalue weighted by molar-refractivity contribution is 7.22. The zero-order valence-corrected chi connectivity index (χ0v) is 26.3. The number of pyridine rings is 3. The third kappa shape index (κ3) is 7.04. The zero-order chi connectivity index (χ0) is 32.8. The largest absolute Gasteiger partial charge is 0.496 e. The lowest BCUT2D eigenvalue weighted by Crippen LogP contribution is -2.28. The lowest BCUT2D eigenvalue weighted by Gasteiger charge is -2.13. The van der Waals surface area contributed by atoms with Gasteiger partial charge in [0.05, 0.1) is 34.5 Å². The number of hydrogen-bond donors (Lipinski definition) is 2. The molecular weight excluding hydrogens is 621 g/mol. The van der Waals surface area contributed by atoms with Crippen LogP contribution in [-0.4, -0.2) is 47.8 Å². The molecule has 1 amide bonds. The van der Waals surface area contributed by atoms with Gasteiger partial charge in [0, 0.05) is 62.3 Å². The molecule has 2 N–H and O–H groups in total. The molecule has 0 aliphatic rings.